The van der Waals surface area contributed by atoms with E-state index < -0.39 is 12.0 Å². The fourth-order valence-electron chi connectivity index (χ4n) is 2.18. The Balaban J connectivity index is 1.90. The van der Waals surface area contributed by atoms with Gasteiger partial charge in [0.15, 0.2) is 6.04 Å². The molecule has 0 radical (unpaired) electrons. The van der Waals surface area contributed by atoms with Crippen LogP contribution in [-0.2, 0) is 9.59 Å². The fraction of sp³-hybridized carbons (Fsp3) is 0.538. The van der Waals surface area contributed by atoms with Gasteiger partial charge in [-0.25, -0.2) is 4.79 Å². The molecule has 1 saturated heterocycles. The SMILES string of the molecule is O=C(CN1CCCNCC1)NC(C(=O)O)c1cccs1. The Hall–Kier alpha value is -1.44. The zero-order chi connectivity index (χ0) is 14.4. The summed E-state index contributed by atoms with van der Waals surface area (Å²) in [5, 5.41) is 16.9. The summed E-state index contributed by atoms with van der Waals surface area (Å²) >= 11 is 1.33. The third kappa shape index (κ3) is 4.29. The highest BCUT2D eigenvalue weighted by molar-refractivity contribution is 7.10. The molecule has 2 rings (SSSR count). The molecule has 0 aliphatic carbocycles. The molecule has 1 aromatic rings. The van der Waals surface area contributed by atoms with Crippen LogP contribution in [0.1, 0.15) is 17.3 Å². The zero-order valence-electron chi connectivity index (χ0n) is 11.2. The molecule has 6 nitrogen and oxygen atoms in total. The molecule has 2 heterocycles. The minimum atomic E-state index is -1.03. The predicted molar refractivity (Wildman–Crippen MR) is 76.8 cm³/mol. The van der Waals surface area contributed by atoms with Crippen LogP contribution in [0.3, 0.4) is 0 Å². The molecule has 1 unspecified atom stereocenters. The van der Waals surface area contributed by atoms with E-state index in [4.69, 9.17) is 0 Å². The first-order valence-electron chi connectivity index (χ1n) is 6.65. The Morgan fingerprint density at radius 3 is 3.00 bits per heavy atom. The van der Waals surface area contributed by atoms with Crippen LogP contribution in [0.2, 0.25) is 0 Å². The molecule has 1 amide bonds. The smallest absolute Gasteiger partial charge is 0.331 e. The Morgan fingerprint density at radius 1 is 1.45 bits per heavy atom. The lowest BCUT2D eigenvalue weighted by Crippen LogP contribution is -2.42. The zero-order valence-corrected chi connectivity index (χ0v) is 12.0. The van der Waals surface area contributed by atoms with Crippen molar-refractivity contribution in [1.29, 1.82) is 0 Å². The summed E-state index contributed by atoms with van der Waals surface area (Å²) in [4.78, 5) is 25.9. The van der Waals surface area contributed by atoms with Crippen LogP contribution in [-0.4, -0.2) is 54.6 Å². The number of rotatable bonds is 5. The first-order valence-corrected chi connectivity index (χ1v) is 7.53. The van der Waals surface area contributed by atoms with Crippen molar-refractivity contribution in [2.75, 3.05) is 32.7 Å². The van der Waals surface area contributed by atoms with Crippen molar-refractivity contribution in [3.63, 3.8) is 0 Å². The second kappa shape index (κ2) is 7.37. The fourth-order valence-corrected chi connectivity index (χ4v) is 2.95. The van der Waals surface area contributed by atoms with Crippen LogP contribution in [0.15, 0.2) is 17.5 Å². The third-order valence-corrected chi connectivity index (χ3v) is 4.12. The maximum absolute atomic E-state index is 12.0. The summed E-state index contributed by atoms with van der Waals surface area (Å²) in [7, 11) is 0. The highest BCUT2D eigenvalue weighted by Gasteiger charge is 2.23. The molecule has 3 N–H and O–H groups in total. The molecule has 1 fully saturated rings. The number of aliphatic carboxylic acids is 1. The normalized spacial score (nSPS) is 18.2. The number of carbonyl (C=O) groups is 2. The van der Waals surface area contributed by atoms with E-state index in [1.165, 1.54) is 11.3 Å². The molecular formula is C13H19N3O3S. The monoisotopic (exact) mass is 297 g/mol. The Morgan fingerprint density at radius 2 is 2.30 bits per heavy atom. The number of amides is 1. The van der Waals surface area contributed by atoms with Gasteiger partial charge in [-0.15, -0.1) is 11.3 Å². The van der Waals surface area contributed by atoms with Gasteiger partial charge >= 0.3 is 5.97 Å². The van der Waals surface area contributed by atoms with Crippen LogP contribution >= 0.6 is 11.3 Å². The molecule has 7 heteroatoms. The second-order valence-electron chi connectivity index (χ2n) is 4.73. The van der Waals surface area contributed by atoms with E-state index in [-0.39, 0.29) is 12.5 Å². The number of carboxylic acid groups (broad SMARTS) is 1. The highest BCUT2D eigenvalue weighted by Crippen LogP contribution is 2.19. The van der Waals surface area contributed by atoms with Gasteiger partial charge in [0.1, 0.15) is 0 Å². The van der Waals surface area contributed by atoms with Gasteiger partial charge in [-0.2, -0.15) is 0 Å². The maximum Gasteiger partial charge on any atom is 0.331 e. The number of hydrogen-bond acceptors (Lipinski definition) is 5. The molecule has 1 aromatic heterocycles. The number of thiophene rings is 1. The van der Waals surface area contributed by atoms with E-state index in [2.05, 4.69) is 10.6 Å². The number of nitrogens with zero attached hydrogens (tertiary/aromatic N) is 1. The van der Waals surface area contributed by atoms with Gasteiger partial charge in [0.05, 0.1) is 6.54 Å². The summed E-state index contributed by atoms with van der Waals surface area (Å²) in [6.07, 6.45) is 1.00. The van der Waals surface area contributed by atoms with Gasteiger partial charge in [-0.3, -0.25) is 9.69 Å². The summed E-state index contributed by atoms with van der Waals surface area (Å²) in [6.45, 7) is 3.74. The van der Waals surface area contributed by atoms with Gasteiger partial charge < -0.3 is 15.7 Å². The molecule has 0 aromatic carbocycles. The van der Waals surface area contributed by atoms with Gasteiger partial charge in [-0.05, 0) is 31.0 Å². The first kappa shape index (κ1) is 15.0. The van der Waals surface area contributed by atoms with E-state index >= 15 is 0 Å². The van der Waals surface area contributed by atoms with E-state index in [9.17, 15) is 14.7 Å². The Labute approximate surface area is 121 Å². The Bertz CT molecular complexity index is 442. The first-order chi connectivity index (χ1) is 9.66. The number of hydrogen-bond donors (Lipinski definition) is 3. The van der Waals surface area contributed by atoms with Crippen molar-refractivity contribution in [2.45, 2.75) is 12.5 Å². The van der Waals surface area contributed by atoms with E-state index in [0.717, 1.165) is 32.6 Å². The predicted octanol–water partition coefficient (Wildman–Crippen LogP) is 0.285. The van der Waals surface area contributed by atoms with Crippen LogP contribution in [0.25, 0.3) is 0 Å². The van der Waals surface area contributed by atoms with Gasteiger partial charge in [-0.1, -0.05) is 6.07 Å². The van der Waals surface area contributed by atoms with Crippen molar-refractivity contribution >= 4 is 23.2 Å². The third-order valence-electron chi connectivity index (χ3n) is 3.18. The molecule has 0 bridgehead atoms. The van der Waals surface area contributed by atoms with Crippen molar-refractivity contribution in [1.82, 2.24) is 15.5 Å². The average Bonchev–Trinajstić information content (AvgIpc) is 2.81. The van der Waals surface area contributed by atoms with Gasteiger partial charge in [0, 0.05) is 18.0 Å². The maximum atomic E-state index is 12.0. The second-order valence-corrected chi connectivity index (χ2v) is 5.71. The van der Waals surface area contributed by atoms with E-state index in [1.54, 1.807) is 17.5 Å². The average molecular weight is 297 g/mol. The lowest BCUT2D eigenvalue weighted by atomic mass is 10.2. The van der Waals surface area contributed by atoms with Crippen LogP contribution in [0.5, 0.6) is 0 Å². The van der Waals surface area contributed by atoms with E-state index in [1.807, 2.05) is 4.90 Å². The minimum Gasteiger partial charge on any atom is -0.479 e. The lowest BCUT2D eigenvalue weighted by Gasteiger charge is -2.20. The van der Waals surface area contributed by atoms with Crippen LogP contribution in [0.4, 0.5) is 0 Å². The summed E-state index contributed by atoms with van der Waals surface area (Å²) in [5.41, 5.74) is 0. The summed E-state index contributed by atoms with van der Waals surface area (Å²) in [6, 6.07) is 2.55. The molecule has 1 atom stereocenters. The topological polar surface area (TPSA) is 81.7 Å². The van der Waals surface area contributed by atoms with Crippen molar-refractivity contribution in [2.24, 2.45) is 0 Å². The van der Waals surface area contributed by atoms with E-state index in [0.29, 0.717) is 4.88 Å². The van der Waals surface area contributed by atoms with Crippen molar-refractivity contribution < 1.29 is 14.7 Å². The molecular weight excluding hydrogens is 278 g/mol. The molecule has 110 valence electrons. The quantitative estimate of drug-likeness (QED) is 0.727. The largest absolute Gasteiger partial charge is 0.479 e. The number of nitrogens with one attached hydrogen (secondary N) is 2. The lowest BCUT2D eigenvalue weighted by molar-refractivity contribution is -0.142. The van der Waals surface area contributed by atoms with Crippen molar-refractivity contribution in [3.05, 3.63) is 22.4 Å². The molecule has 0 saturated carbocycles. The number of carbonyl (C=O) groups excluding carboxylic acids is 1. The van der Waals surface area contributed by atoms with Crippen LogP contribution < -0.4 is 10.6 Å². The molecule has 0 spiro atoms. The van der Waals surface area contributed by atoms with Crippen molar-refractivity contribution in [3.8, 4) is 0 Å². The molecule has 1 aliphatic heterocycles. The summed E-state index contributed by atoms with van der Waals surface area (Å²) in [5.74, 6) is -1.27. The molecule has 20 heavy (non-hydrogen) atoms. The Kier molecular flexibility index (Phi) is 5.51. The van der Waals surface area contributed by atoms with Gasteiger partial charge in [0.25, 0.3) is 0 Å². The van der Waals surface area contributed by atoms with Gasteiger partial charge in [0.2, 0.25) is 5.91 Å². The number of carboxylic acids is 1. The summed E-state index contributed by atoms with van der Waals surface area (Å²) < 4.78 is 0. The molecule has 1 aliphatic rings. The standard InChI is InChI=1S/C13H19N3O3S/c17-11(9-16-6-2-4-14-5-7-16)15-12(13(18)19)10-3-1-8-20-10/h1,3,8,12,14H,2,4-7,9H2,(H,15,17)(H,18,19). The minimum absolute atomic E-state index is 0.243. The van der Waals surface area contributed by atoms with Crippen LogP contribution in [0, 0.1) is 0 Å². The highest BCUT2D eigenvalue weighted by atomic mass is 32.1.